The quantitative estimate of drug-likeness (QED) is 0.779. The molecule has 0 atom stereocenters. The first-order chi connectivity index (χ1) is 10.3. The number of anilines is 2. The lowest BCUT2D eigenvalue weighted by Gasteiger charge is -2.22. The average Bonchev–Trinajstić information content (AvgIpc) is 2.56. The summed E-state index contributed by atoms with van der Waals surface area (Å²) in [6, 6.07) is 17.0. The van der Waals surface area contributed by atoms with Crippen LogP contribution in [0.15, 0.2) is 48.5 Å². The van der Waals surface area contributed by atoms with Crippen molar-refractivity contribution in [3.8, 4) is 0 Å². The molecule has 1 aliphatic carbocycles. The second kappa shape index (κ2) is 6.66. The number of nitrogens with one attached hydrogen (secondary N) is 1. The van der Waals surface area contributed by atoms with Crippen molar-refractivity contribution in [3.63, 3.8) is 0 Å². The molecule has 110 valence electrons. The van der Waals surface area contributed by atoms with Crippen LogP contribution in [0.5, 0.6) is 0 Å². The number of nitrogens with two attached hydrogens (primary N) is 1. The molecule has 0 bridgehead atoms. The first-order valence-electron chi connectivity index (χ1n) is 7.99. The van der Waals surface area contributed by atoms with Crippen molar-refractivity contribution in [2.75, 3.05) is 11.1 Å². The van der Waals surface area contributed by atoms with Crippen LogP contribution in [0.4, 0.5) is 11.4 Å². The summed E-state index contributed by atoms with van der Waals surface area (Å²) in [4.78, 5) is 0. The highest BCUT2D eigenvalue weighted by atomic mass is 14.9. The molecule has 2 aromatic carbocycles. The van der Waals surface area contributed by atoms with Crippen molar-refractivity contribution in [2.24, 2.45) is 0 Å². The van der Waals surface area contributed by atoms with Gasteiger partial charge in [-0.1, -0.05) is 43.5 Å². The van der Waals surface area contributed by atoms with E-state index in [9.17, 15) is 0 Å². The first kappa shape index (κ1) is 14.0. The fraction of sp³-hybridized carbons (Fsp3) is 0.368. The van der Waals surface area contributed by atoms with Gasteiger partial charge >= 0.3 is 0 Å². The Balaban J connectivity index is 1.57. The van der Waals surface area contributed by atoms with E-state index in [1.165, 1.54) is 48.9 Å². The van der Waals surface area contributed by atoms with Gasteiger partial charge in [-0.3, -0.25) is 0 Å². The van der Waals surface area contributed by atoms with Gasteiger partial charge in [0.2, 0.25) is 0 Å². The predicted molar refractivity (Wildman–Crippen MR) is 90.4 cm³/mol. The lowest BCUT2D eigenvalue weighted by molar-refractivity contribution is 0.443. The second-order valence-electron chi connectivity index (χ2n) is 6.05. The Bertz CT molecular complexity index is 551. The number of hydrogen-bond acceptors (Lipinski definition) is 2. The van der Waals surface area contributed by atoms with Crippen LogP contribution in [0.25, 0.3) is 0 Å². The molecule has 0 heterocycles. The summed E-state index contributed by atoms with van der Waals surface area (Å²) >= 11 is 0. The molecule has 3 N–H and O–H groups in total. The predicted octanol–water partition coefficient (Wildman–Crippen LogP) is 4.93. The van der Waals surface area contributed by atoms with Gasteiger partial charge in [-0.15, -0.1) is 0 Å². The smallest absolute Gasteiger partial charge is 0.0400 e. The highest BCUT2D eigenvalue weighted by molar-refractivity contribution is 5.46. The summed E-state index contributed by atoms with van der Waals surface area (Å²) in [6.45, 7) is 0.836. The van der Waals surface area contributed by atoms with Crippen LogP contribution in [0.1, 0.15) is 49.1 Å². The molecule has 0 aliphatic heterocycles. The van der Waals surface area contributed by atoms with Gasteiger partial charge in [0, 0.05) is 17.9 Å². The summed E-state index contributed by atoms with van der Waals surface area (Å²) in [5.41, 5.74) is 10.5. The lowest BCUT2D eigenvalue weighted by atomic mass is 9.84. The molecule has 3 rings (SSSR count). The standard InChI is InChI=1S/C19H24N2/c20-18-10-6-15(7-11-18)14-21-19-12-8-17(9-13-19)16-4-2-1-3-5-16/h6-13,16,21H,1-5,14,20H2. The molecule has 0 saturated heterocycles. The van der Waals surface area contributed by atoms with Gasteiger partial charge in [0.05, 0.1) is 0 Å². The lowest BCUT2D eigenvalue weighted by Crippen LogP contribution is -2.05. The van der Waals surface area contributed by atoms with E-state index in [2.05, 4.69) is 41.7 Å². The van der Waals surface area contributed by atoms with E-state index in [-0.39, 0.29) is 0 Å². The summed E-state index contributed by atoms with van der Waals surface area (Å²) in [5, 5.41) is 3.47. The zero-order valence-electron chi connectivity index (χ0n) is 12.5. The van der Waals surface area contributed by atoms with Gasteiger partial charge in [0.15, 0.2) is 0 Å². The SMILES string of the molecule is Nc1ccc(CNc2ccc(C3CCCCC3)cc2)cc1. The van der Waals surface area contributed by atoms with E-state index in [1.807, 2.05) is 12.1 Å². The maximum atomic E-state index is 5.70. The minimum Gasteiger partial charge on any atom is -0.399 e. The monoisotopic (exact) mass is 280 g/mol. The zero-order valence-corrected chi connectivity index (χ0v) is 12.5. The largest absolute Gasteiger partial charge is 0.399 e. The summed E-state index contributed by atoms with van der Waals surface area (Å²) < 4.78 is 0. The molecule has 0 unspecified atom stereocenters. The van der Waals surface area contributed by atoms with E-state index in [1.54, 1.807) is 0 Å². The van der Waals surface area contributed by atoms with Crippen molar-refractivity contribution >= 4 is 11.4 Å². The third-order valence-corrected chi connectivity index (χ3v) is 4.46. The van der Waals surface area contributed by atoms with Gasteiger partial charge in [-0.05, 0) is 54.2 Å². The van der Waals surface area contributed by atoms with Gasteiger partial charge in [0.1, 0.15) is 0 Å². The Morgan fingerprint density at radius 2 is 1.52 bits per heavy atom. The Kier molecular flexibility index (Phi) is 4.44. The average molecular weight is 280 g/mol. The Morgan fingerprint density at radius 1 is 0.857 bits per heavy atom. The normalized spacial score (nSPS) is 15.8. The van der Waals surface area contributed by atoms with Gasteiger partial charge in [0.25, 0.3) is 0 Å². The molecule has 0 amide bonds. The summed E-state index contributed by atoms with van der Waals surface area (Å²) in [6.07, 6.45) is 6.91. The zero-order chi connectivity index (χ0) is 14.5. The molecule has 1 fully saturated rings. The van der Waals surface area contributed by atoms with Crippen LogP contribution in [0, 0.1) is 0 Å². The van der Waals surface area contributed by atoms with Crippen molar-refractivity contribution in [1.29, 1.82) is 0 Å². The second-order valence-corrected chi connectivity index (χ2v) is 6.05. The highest BCUT2D eigenvalue weighted by Crippen LogP contribution is 2.32. The molecule has 1 aliphatic rings. The molecule has 21 heavy (non-hydrogen) atoms. The van der Waals surface area contributed by atoms with Crippen molar-refractivity contribution in [1.82, 2.24) is 0 Å². The molecule has 0 radical (unpaired) electrons. The topological polar surface area (TPSA) is 38.0 Å². The fourth-order valence-corrected chi connectivity index (χ4v) is 3.15. The maximum absolute atomic E-state index is 5.70. The Labute approximate surface area is 127 Å². The Morgan fingerprint density at radius 3 is 2.19 bits per heavy atom. The third-order valence-electron chi connectivity index (χ3n) is 4.46. The molecule has 0 spiro atoms. The van der Waals surface area contributed by atoms with Crippen molar-refractivity contribution in [2.45, 2.75) is 44.6 Å². The van der Waals surface area contributed by atoms with E-state index < -0.39 is 0 Å². The molecular weight excluding hydrogens is 256 g/mol. The van der Waals surface area contributed by atoms with Gasteiger partial charge in [-0.2, -0.15) is 0 Å². The van der Waals surface area contributed by atoms with E-state index in [0.29, 0.717) is 0 Å². The van der Waals surface area contributed by atoms with E-state index >= 15 is 0 Å². The molecule has 2 heteroatoms. The van der Waals surface area contributed by atoms with Crippen LogP contribution in [-0.4, -0.2) is 0 Å². The summed E-state index contributed by atoms with van der Waals surface area (Å²) in [5.74, 6) is 0.782. The van der Waals surface area contributed by atoms with Crippen LogP contribution in [0.2, 0.25) is 0 Å². The summed E-state index contributed by atoms with van der Waals surface area (Å²) in [7, 11) is 0. The van der Waals surface area contributed by atoms with Crippen molar-refractivity contribution in [3.05, 3.63) is 59.7 Å². The third kappa shape index (κ3) is 3.78. The van der Waals surface area contributed by atoms with Crippen LogP contribution >= 0.6 is 0 Å². The molecule has 1 saturated carbocycles. The minimum absolute atomic E-state index is 0.782. The number of hydrogen-bond donors (Lipinski definition) is 2. The molecule has 2 aromatic rings. The van der Waals surface area contributed by atoms with E-state index in [0.717, 1.165) is 18.2 Å². The number of benzene rings is 2. The van der Waals surface area contributed by atoms with Crippen LogP contribution in [0.3, 0.4) is 0 Å². The fourth-order valence-electron chi connectivity index (χ4n) is 3.15. The van der Waals surface area contributed by atoms with Crippen molar-refractivity contribution < 1.29 is 0 Å². The minimum atomic E-state index is 0.782. The molecule has 0 aromatic heterocycles. The highest BCUT2D eigenvalue weighted by Gasteiger charge is 2.14. The number of nitrogen functional groups attached to an aromatic ring is 1. The van der Waals surface area contributed by atoms with Crippen LogP contribution < -0.4 is 11.1 Å². The van der Waals surface area contributed by atoms with Gasteiger partial charge < -0.3 is 11.1 Å². The molecule has 2 nitrogen and oxygen atoms in total. The van der Waals surface area contributed by atoms with E-state index in [4.69, 9.17) is 5.73 Å². The Hall–Kier alpha value is -1.96. The van der Waals surface area contributed by atoms with Gasteiger partial charge in [-0.25, -0.2) is 0 Å². The van der Waals surface area contributed by atoms with Crippen LogP contribution in [-0.2, 0) is 6.54 Å². The first-order valence-corrected chi connectivity index (χ1v) is 7.99. The maximum Gasteiger partial charge on any atom is 0.0400 e. The number of rotatable bonds is 4. The molecular formula is C19H24N2.